The van der Waals surface area contributed by atoms with Gasteiger partial charge in [0.2, 0.25) is 0 Å². The smallest absolute Gasteiger partial charge is 0.349 e. The zero-order valence-corrected chi connectivity index (χ0v) is 15.7. The number of aliphatic hydroxyl groups is 2. The van der Waals surface area contributed by atoms with E-state index in [1.165, 1.54) is 24.3 Å². The van der Waals surface area contributed by atoms with Crippen LogP contribution in [0.1, 0.15) is 16.6 Å². The number of aromatic nitrogens is 2. The van der Waals surface area contributed by atoms with Crippen LogP contribution in [0.4, 0.5) is 0 Å². The van der Waals surface area contributed by atoms with E-state index in [0.717, 1.165) is 16.8 Å². The second kappa shape index (κ2) is 7.83. The average Bonchev–Trinajstić information content (AvgIpc) is 3.02. The summed E-state index contributed by atoms with van der Waals surface area (Å²) in [6.45, 7) is -0.607. The van der Waals surface area contributed by atoms with Gasteiger partial charge in [-0.2, -0.15) is 0 Å². The highest BCUT2D eigenvalue weighted by molar-refractivity contribution is 5.97. The molecule has 5 N–H and O–H groups in total. The number of hydrogen-bond acceptors (Lipinski definition) is 9. The lowest BCUT2D eigenvalue weighted by Crippen LogP contribution is -2.49. The van der Waals surface area contributed by atoms with Crippen molar-refractivity contribution in [2.24, 2.45) is 0 Å². The maximum atomic E-state index is 12.8. The first-order valence-electron chi connectivity index (χ1n) is 9.12. The minimum Gasteiger partial charge on any atom is -0.508 e. The molecule has 4 atom stereocenters. The van der Waals surface area contributed by atoms with Gasteiger partial charge in [0.15, 0.2) is 6.23 Å². The molecule has 1 saturated heterocycles. The molecule has 2 aromatic heterocycles. The Labute approximate surface area is 172 Å². The van der Waals surface area contributed by atoms with Gasteiger partial charge in [-0.1, -0.05) is 0 Å². The molecule has 3 aromatic rings. The molecule has 12 heteroatoms. The summed E-state index contributed by atoms with van der Waals surface area (Å²) in [6, 6.07) is 5.07. The van der Waals surface area contributed by atoms with E-state index in [1.807, 2.05) is 4.98 Å². The van der Waals surface area contributed by atoms with Gasteiger partial charge in [0.05, 0.1) is 6.61 Å². The van der Waals surface area contributed by atoms with Crippen LogP contribution in [0, 0.1) is 0 Å². The number of ether oxygens (including phenoxy) is 1. The fourth-order valence-corrected chi connectivity index (χ4v) is 3.41. The average molecular weight is 431 g/mol. The van der Waals surface area contributed by atoms with Gasteiger partial charge in [-0.15, -0.1) is 0 Å². The molecule has 12 nitrogen and oxygen atoms in total. The summed E-state index contributed by atoms with van der Waals surface area (Å²) in [5.41, 5.74) is -2.80. The van der Waals surface area contributed by atoms with Crippen LogP contribution in [-0.2, 0) is 4.74 Å². The molecule has 0 radical (unpaired) electrons. The fraction of sp³-hybridized carbons (Fsp3) is 0.263. The largest absolute Gasteiger partial charge is 0.508 e. The van der Waals surface area contributed by atoms with Crippen LogP contribution in [0.25, 0.3) is 11.0 Å². The molecule has 0 spiro atoms. The van der Waals surface area contributed by atoms with Crippen LogP contribution in [0.3, 0.4) is 0 Å². The third-order valence-electron chi connectivity index (χ3n) is 4.94. The number of benzene rings is 1. The van der Waals surface area contributed by atoms with Crippen molar-refractivity contribution in [2.75, 3.05) is 6.61 Å². The summed E-state index contributed by atoms with van der Waals surface area (Å²) in [6.07, 6.45) is -2.72. The second-order valence-corrected chi connectivity index (χ2v) is 6.92. The van der Waals surface area contributed by atoms with Crippen LogP contribution in [0.2, 0.25) is 0 Å². The highest BCUT2D eigenvalue weighted by atomic mass is 16.5. The van der Waals surface area contributed by atoms with Crippen LogP contribution in [0.5, 0.6) is 5.75 Å². The van der Waals surface area contributed by atoms with Crippen LogP contribution in [-0.4, -0.2) is 55.6 Å². The van der Waals surface area contributed by atoms with Crippen LogP contribution in [0.15, 0.2) is 55.3 Å². The molecular formula is C19H17N3O9. The van der Waals surface area contributed by atoms with Crippen LogP contribution >= 0.6 is 0 Å². The van der Waals surface area contributed by atoms with E-state index in [0.29, 0.717) is 5.39 Å². The summed E-state index contributed by atoms with van der Waals surface area (Å²) in [4.78, 5) is 50.6. The molecular weight excluding hydrogens is 414 g/mol. The zero-order chi connectivity index (χ0) is 22.3. The minimum atomic E-state index is -1.43. The van der Waals surface area contributed by atoms with Crippen LogP contribution < -0.4 is 22.2 Å². The van der Waals surface area contributed by atoms with E-state index in [4.69, 9.17) is 9.15 Å². The fourth-order valence-electron chi connectivity index (χ4n) is 3.41. The zero-order valence-electron chi connectivity index (χ0n) is 15.7. The predicted molar refractivity (Wildman–Crippen MR) is 104 cm³/mol. The lowest BCUT2D eigenvalue weighted by Gasteiger charge is -2.22. The lowest BCUT2D eigenvalue weighted by atomic mass is 10.1. The molecule has 1 aliphatic rings. The molecule has 3 heterocycles. The van der Waals surface area contributed by atoms with Gasteiger partial charge in [-0.3, -0.25) is 19.1 Å². The second-order valence-electron chi connectivity index (χ2n) is 6.92. The van der Waals surface area contributed by atoms with Gasteiger partial charge in [-0.25, -0.2) is 9.59 Å². The number of aromatic hydroxyl groups is 1. The molecule has 1 amide bonds. The number of fused-ring (bicyclic) bond motifs is 1. The summed E-state index contributed by atoms with van der Waals surface area (Å²) in [5, 5.41) is 32.2. The molecule has 31 heavy (non-hydrogen) atoms. The maximum Gasteiger partial charge on any atom is 0.349 e. The standard InChI is InChI=1S/C19H17N3O9/c23-7-12-15(26)14(17(30-12)22-4-3-13(25)20-19(22)29)21-16(27)10-5-8-1-2-9(24)6-11(8)31-18(10)28/h1-6,12,14-15,17,23-24,26H,7H2,(H,21,27)(H,20,25,29)/t12-,14-,15-,17-/m1/s1. The number of carbonyl (C=O) groups excluding carboxylic acids is 1. The summed E-state index contributed by atoms with van der Waals surface area (Å²) in [5.74, 6) is -1.04. The first-order valence-corrected chi connectivity index (χ1v) is 9.12. The van der Waals surface area contributed by atoms with Crippen molar-refractivity contribution < 1.29 is 29.3 Å². The van der Waals surface area contributed by atoms with E-state index in [9.17, 15) is 34.5 Å². The Hall–Kier alpha value is -3.74. The Balaban J connectivity index is 1.69. The van der Waals surface area contributed by atoms with E-state index >= 15 is 0 Å². The minimum absolute atomic E-state index is 0.0730. The molecule has 162 valence electrons. The quantitative estimate of drug-likeness (QED) is 0.303. The number of phenolic OH excluding ortho intramolecular Hbond substituents is 1. The Kier molecular flexibility index (Phi) is 5.19. The van der Waals surface area contributed by atoms with E-state index in [-0.39, 0.29) is 16.9 Å². The third kappa shape index (κ3) is 3.74. The number of aliphatic hydroxyl groups excluding tert-OH is 2. The SMILES string of the molecule is O=C(N[C@@H]1[C@H](O)[C@@H](CO)O[C@H]1n1ccc(=O)[nH]c1=O)c1cc2ccc(O)cc2oc1=O. The van der Waals surface area contributed by atoms with Crippen molar-refractivity contribution in [3.05, 3.63) is 73.4 Å². The molecule has 0 unspecified atom stereocenters. The number of nitrogens with one attached hydrogen (secondary N) is 2. The maximum absolute atomic E-state index is 12.8. The summed E-state index contributed by atoms with van der Waals surface area (Å²) >= 11 is 0. The summed E-state index contributed by atoms with van der Waals surface area (Å²) < 4.78 is 11.5. The van der Waals surface area contributed by atoms with Crippen molar-refractivity contribution in [1.82, 2.24) is 14.9 Å². The number of H-pyrrole nitrogens is 1. The van der Waals surface area contributed by atoms with Gasteiger partial charge in [0.1, 0.15) is 35.1 Å². The van der Waals surface area contributed by atoms with Gasteiger partial charge in [0.25, 0.3) is 11.5 Å². The molecule has 0 bridgehead atoms. The third-order valence-corrected chi connectivity index (χ3v) is 4.94. The molecule has 0 saturated carbocycles. The van der Waals surface area contributed by atoms with Crippen molar-refractivity contribution in [1.29, 1.82) is 0 Å². The Bertz CT molecular complexity index is 1330. The topological polar surface area (TPSA) is 184 Å². The Morgan fingerprint density at radius 1 is 1.19 bits per heavy atom. The molecule has 4 rings (SSSR count). The van der Waals surface area contributed by atoms with E-state index < -0.39 is 53.9 Å². The van der Waals surface area contributed by atoms with Gasteiger partial charge in [-0.05, 0) is 18.2 Å². The van der Waals surface area contributed by atoms with E-state index in [1.54, 1.807) is 0 Å². The highest BCUT2D eigenvalue weighted by Gasteiger charge is 2.45. The van der Waals surface area contributed by atoms with Gasteiger partial charge < -0.3 is 29.8 Å². The Morgan fingerprint density at radius 2 is 1.97 bits per heavy atom. The predicted octanol–water partition coefficient (Wildman–Crippen LogP) is -1.60. The number of phenols is 1. The number of rotatable bonds is 4. The number of aromatic amines is 1. The molecule has 0 aliphatic carbocycles. The normalized spacial score (nSPS) is 23.2. The summed E-state index contributed by atoms with van der Waals surface area (Å²) in [7, 11) is 0. The van der Waals surface area contributed by atoms with Crippen molar-refractivity contribution in [3.8, 4) is 5.75 Å². The van der Waals surface area contributed by atoms with Crippen molar-refractivity contribution in [2.45, 2.75) is 24.5 Å². The first-order chi connectivity index (χ1) is 14.8. The molecule has 1 aromatic carbocycles. The van der Waals surface area contributed by atoms with Crippen molar-refractivity contribution >= 4 is 16.9 Å². The van der Waals surface area contributed by atoms with Crippen molar-refractivity contribution in [3.63, 3.8) is 0 Å². The molecule has 1 aliphatic heterocycles. The van der Waals surface area contributed by atoms with Gasteiger partial charge in [0, 0.05) is 23.7 Å². The highest BCUT2D eigenvalue weighted by Crippen LogP contribution is 2.28. The first kappa shape index (κ1) is 20.5. The number of hydrogen-bond donors (Lipinski definition) is 5. The number of amides is 1. The number of carbonyl (C=O) groups is 1. The monoisotopic (exact) mass is 431 g/mol. The Morgan fingerprint density at radius 3 is 2.68 bits per heavy atom. The van der Waals surface area contributed by atoms with E-state index in [2.05, 4.69) is 5.32 Å². The number of nitrogens with zero attached hydrogens (tertiary/aromatic N) is 1. The lowest BCUT2D eigenvalue weighted by molar-refractivity contribution is -0.0468. The molecule has 1 fully saturated rings. The van der Waals surface area contributed by atoms with Gasteiger partial charge >= 0.3 is 11.3 Å².